The van der Waals surface area contributed by atoms with E-state index in [1.165, 1.54) is 27.7 Å². The monoisotopic (exact) mass is 354 g/mol. The number of aromatic nitrogens is 1. The van der Waals surface area contributed by atoms with Gasteiger partial charge < -0.3 is 13.9 Å². The van der Waals surface area contributed by atoms with Gasteiger partial charge in [0.15, 0.2) is 5.76 Å². The average Bonchev–Trinajstić information content (AvgIpc) is 3.11. The van der Waals surface area contributed by atoms with Crippen LogP contribution >= 0.6 is 0 Å². The Labute approximate surface area is 150 Å². The maximum Gasteiger partial charge on any atom is 0.289 e. The second-order valence-corrected chi connectivity index (χ2v) is 6.08. The van der Waals surface area contributed by atoms with E-state index >= 15 is 0 Å². The van der Waals surface area contributed by atoms with Gasteiger partial charge in [-0.3, -0.25) is 9.59 Å². The minimum Gasteiger partial charge on any atom is -0.454 e. The van der Waals surface area contributed by atoms with Crippen LogP contribution in [0.5, 0.6) is 0 Å². The topological polar surface area (TPSA) is 55.5 Å². The van der Waals surface area contributed by atoms with Crippen molar-refractivity contribution in [1.29, 1.82) is 0 Å². The molecule has 1 aromatic carbocycles. The molecule has 0 saturated carbocycles. The highest BCUT2D eigenvalue weighted by Gasteiger charge is 2.21. The van der Waals surface area contributed by atoms with E-state index < -0.39 is 0 Å². The lowest BCUT2D eigenvalue weighted by atomic mass is 10.1. The molecular formula is C20H19FN2O3. The fraction of sp³-hybridized carbons (Fsp3) is 0.200. The van der Waals surface area contributed by atoms with Crippen LogP contribution in [0, 0.1) is 5.82 Å². The van der Waals surface area contributed by atoms with E-state index in [9.17, 15) is 14.0 Å². The average molecular weight is 354 g/mol. The Morgan fingerprint density at radius 3 is 2.58 bits per heavy atom. The van der Waals surface area contributed by atoms with Crippen LogP contribution in [0.15, 0.2) is 70.0 Å². The fourth-order valence-corrected chi connectivity index (χ4v) is 2.65. The number of carbonyl (C=O) groups excluding carboxylic acids is 1. The Balaban J connectivity index is 1.73. The predicted octanol–water partition coefficient (Wildman–Crippen LogP) is 3.46. The third-order valence-corrected chi connectivity index (χ3v) is 4.35. The maximum absolute atomic E-state index is 13.1. The van der Waals surface area contributed by atoms with E-state index in [1.54, 1.807) is 49.6 Å². The summed E-state index contributed by atoms with van der Waals surface area (Å²) in [5.74, 6) is 0.111. The molecule has 1 unspecified atom stereocenters. The van der Waals surface area contributed by atoms with Crippen LogP contribution in [0.4, 0.5) is 4.39 Å². The quantitative estimate of drug-likeness (QED) is 0.705. The van der Waals surface area contributed by atoms with Gasteiger partial charge in [-0.05, 0) is 42.8 Å². The summed E-state index contributed by atoms with van der Waals surface area (Å²) < 4.78 is 20.2. The van der Waals surface area contributed by atoms with Crippen molar-refractivity contribution in [2.75, 3.05) is 7.05 Å². The third-order valence-electron chi connectivity index (χ3n) is 4.35. The Morgan fingerprint density at radius 1 is 1.15 bits per heavy atom. The number of benzene rings is 1. The van der Waals surface area contributed by atoms with Gasteiger partial charge in [0.1, 0.15) is 11.6 Å². The molecule has 5 nitrogen and oxygen atoms in total. The number of carbonyl (C=O) groups is 1. The SMILES string of the molecule is CC(c1ccc(F)cc1)N(C)C(=O)c1ccc(Cn2ccccc2=O)o1. The second kappa shape index (κ2) is 7.39. The van der Waals surface area contributed by atoms with Gasteiger partial charge in [-0.1, -0.05) is 18.2 Å². The molecular weight excluding hydrogens is 335 g/mol. The lowest BCUT2D eigenvalue weighted by Gasteiger charge is -2.24. The summed E-state index contributed by atoms with van der Waals surface area (Å²) in [6, 6.07) is 14.0. The molecule has 3 aromatic rings. The van der Waals surface area contributed by atoms with E-state index in [-0.39, 0.29) is 35.6 Å². The van der Waals surface area contributed by atoms with E-state index in [0.717, 1.165) is 5.56 Å². The van der Waals surface area contributed by atoms with Crippen LogP contribution in [-0.2, 0) is 6.54 Å². The first-order chi connectivity index (χ1) is 12.5. The van der Waals surface area contributed by atoms with Crippen LogP contribution in [0.2, 0.25) is 0 Å². The first-order valence-electron chi connectivity index (χ1n) is 8.22. The minimum atomic E-state index is -0.318. The molecule has 0 radical (unpaired) electrons. The normalized spacial score (nSPS) is 12.0. The smallest absolute Gasteiger partial charge is 0.289 e. The molecule has 2 aromatic heterocycles. The molecule has 3 rings (SSSR count). The van der Waals surface area contributed by atoms with E-state index in [2.05, 4.69) is 0 Å². The van der Waals surface area contributed by atoms with Gasteiger partial charge in [0.25, 0.3) is 11.5 Å². The molecule has 1 amide bonds. The van der Waals surface area contributed by atoms with E-state index in [4.69, 9.17) is 4.42 Å². The largest absolute Gasteiger partial charge is 0.454 e. The summed E-state index contributed by atoms with van der Waals surface area (Å²) in [6.07, 6.45) is 1.66. The number of amides is 1. The van der Waals surface area contributed by atoms with E-state index in [0.29, 0.717) is 5.76 Å². The number of hydrogen-bond acceptors (Lipinski definition) is 3. The molecule has 0 N–H and O–H groups in total. The number of halogens is 1. The van der Waals surface area contributed by atoms with Crippen molar-refractivity contribution >= 4 is 5.91 Å². The number of rotatable bonds is 5. The summed E-state index contributed by atoms with van der Waals surface area (Å²) in [7, 11) is 1.67. The molecule has 0 aliphatic heterocycles. The molecule has 6 heteroatoms. The lowest BCUT2D eigenvalue weighted by molar-refractivity contribution is 0.0708. The van der Waals surface area contributed by atoms with Crippen LogP contribution in [0.1, 0.15) is 34.8 Å². The molecule has 0 saturated heterocycles. The van der Waals surface area contributed by atoms with Crippen molar-refractivity contribution in [1.82, 2.24) is 9.47 Å². The Hall–Kier alpha value is -3.15. The molecule has 0 aliphatic carbocycles. The summed E-state index contributed by atoms with van der Waals surface area (Å²) in [5, 5.41) is 0. The Bertz CT molecular complexity index is 959. The van der Waals surface area contributed by atoms with Crippen LogP contribution in [-0.4, -0.2) is 22.4 Å². The third kappa shape index (κ3) is 3.74. The maximum atomic E-state index is 13.1. The molecule has 2 heterocycles. The molecule has 0 bridgehead atoms. The van der Waals surface area contributed by atoms with Gasteiger partial charge in [0.2, 0.25) is 0 Å². The molecule has 0 fully saturated rings. The fourth-order valence-electron chi connectivity index (χ4n) is 2.65. The zero-order valence-corrected chi connectivity index (χ0v) is 14.6. The van der Waals surface area contributed by atoms with Gasteiger partial charge in [-0.15, -0.1) is 0 Å². The Kier molecular flexibility index (Phi) is 5.02. The van der Waals surface area contributed by atoms with Gasteiger partial charge in [-0.25, -0.2) is 4.39 Å². The van der Waals surface area contributed by atoms with Gasteiger partial charge in [0, 0.05) is 19.3 Å². The highest BCUT2D eigenvalue weighted by Crippen LogP contribution is 2.22. The summed E-state index contributed by atoms with van der Waals surface area (Å²) >= 11 is 0. The van der Waals surface area contributed by atoms with Gasteiger partial charge in [0.05, 0.1) is 12.6 Å². The van der Waals surface area contributed by atoms with Crippen molar-refractivity contribution in [3.63, 3.8) is 0 Å². The molecule has 26 heavy (non-hydrogen) atoms. The lowest BCUT2D eigenvalue weighted by Crippen LogP contribution is -2.29. The zero-order valence-electron chi connectivity index (χ0n) is 14.6. The number of pyridine rings is 1. The van der Waals surface area contributed by atoms with Crippen LogP contribution in [0.25, 0.3) is 0 Å². The first-order valence-corrected chi connectivity index (χ1v) is 8.22. The summed E-state index contributed by atoms with van der Waals surface area (Å²) in [4.78, 5) is 25.9. The van der Waals surface area contributed by atoms with Crippen molar-refractivity contribution in [2.24, 2.45) is 0 Å². The van der Waals surface area contributed by atoms with Crippen molar-refractivity contribution < 1.29 is 13.6 Å². The van der Waals surface area contributed by atoms with Crippen molar-refractivity contribution in [3.05, 3.63) is 94.0 Å². The molecule has 0 spiro atoms. The van der Waals surface area contributed by atoms with Crippen LogP contribution < -0.4 is 5.56 Å². The highest BCUT2D eigenvalue weighted by molar-refractivity contribution is 5.91. The highest BCUT2D eigenvalue weighted by atomic mass is 19.1. The first kappa shape index (κ1) is 17.7. The summed E-state index contributed by atoms with van der Waals surface area (Å²) in [6.45, 7) is 2.11. The zero-order chi connectivity index (χ0) is 18.7. The van der Waals surface area contributed by atoms with Gasteiger partial charge >= 0.3 is 0 Å². The van der Waals surface area contributed by atoms with E-state index in [1.807, 2.05) is 6.92 Å². The summed E-state index contributed by atoms with van der Waals surface area (Å²) in [5.41, 5.74) is 0.684. The van der Waals surface area contributed by atoms with Crippen LogP contribution in [0.3, 0.4) is 0 Å². The molecule has 0 aliphatic rings. The van der Waals surface area contributed by atoms with Crippen molar-refractivity contribution in [3.8, 4) is 0 Å². The molecule has 1 atom stereocenters. The number of nitrogens with zero attached hydrogens (tertiary/aromatic N) is 2. The number of furan rings is 1. The predicted molar refractivity (Wildman–Crippen MR) is 95.4 cm³/mol. The molecule has 134 valence electrons. The van der Waals surface area contributed by atoms with Crippen molar-refractivity contribution in [2.45, 2.75) is 19.5 Å². The minimum absolute atomic E-state index is 0.140. The standard InChI is InChI=1S/C20H19FN2O3/c1-14(15-6-8-16(21)9-7-15)22(2)20(25)18-11-10-17(26-18)13-23-12-4-3-5-19(23)24/h3-12,14H,13H2,1-2H3. The van der Waals surface area contributed by atoms with Gasteiger partial charge in [-0.2, -0.15) is 0 Å². The Morgan fingerprint density at radius 2 is 1.88 bits per heavy atom. The number of hydrogen-bond donors (Lipinski definition) is 0. The second-order valence-electron chi connectivity index (χ2n) is 6.08.